The van der Waals surface area contributed by atoms with Gasteiger partial charge >= 0.3 is 12.1 Å². The van der Waals surface area contributed by atoms with Crippen molar-refractivity contribution in [2.45, 2.75) is 45.3 Å². The van der Waals surface area contributed by atoms with Crippen molar-refractivity contribution < 1.29 is 24.0 Å². The number of amides is 1. The van der Waals surface area contributed by atoms with E-state index < -0.39 is 16.5 Å². The highest BCUT2D eigenvalue weighted by atomic mass is 16.6. The molecule has 1 aliphatic rings. The molecule has 0 saturated carbocycles. The van der Waals surface area contributed by atoms with E-state index in [1.165, 1.54) is 25.3 Å². The van der Waals surface area contributed by atoms with Crippen LogP contribution >= 0.6 is 0 Å². The quantitative estimate of drug-likeness (QED) is 0.345. The molecule has 1 aromatic rings. The number of hydrogen-bond donors (Lipinski definition) is 1. The van der Waals surface area contributed by atoms with Crippen LogP contribution in [0.4, 0.5) is 16.2 Å². The molecule has 29 heavy (non-hydrogen) atoms. The lowest BCUT2D eigenvalue weighted by atomic mass is 10.0. The maximum Gasteiger partial charge on any atom is 0.410 e. The molecular weight excluding hydrogens is 378 g/mol. The Hall–Kier alpha value is -3.10. The van der Waals surface area contributed by atoms with Crippen molar-refractivity contribution in [1.29, 1.82) is 0 Å². The molecule has 158 valence electrons. The summed E-state index contributed by atoms with van der Waals surface area (Å²) in [5.41, 5.74) is 0.184. The monoisotopic (exact) mass is 405 g/mol. The van der Waals surface area contributed by atoms with E-state index in [0.29, 0.717) is 24.3 Å². The number of ether oxygens (including phenoxy) is 2. The van der Waals surface area contributed by atoms with Crippen LogP contribution in [0.2, 0.25) is 0 Å². The number of nitrogens with one attached hydrogen (secondary N) is 1. The number of piperidine rings is 1. The van der Waals surface area contributed by atoms with Gasteiger partial charge in [0.05, 0.1) is 12.0 Å². The number of rotatable bonds is 5. The van der Waals surface area contributed by atoms with E-state index in [1.54, 1.807) is 17.0 Å². The number of nitro benzene ring substituents is 1. The molecule has 0 spiro atoms. The molecule has 1 atom stereocenters. The number of benzene rings is 1. The van der Waals surface area contributed by atoms with E-state index in [4.69, 9.17) is 4.74 Å². The Labute approximate surface area is 169 Å². The molecule has 1 saturated heterocycles. The number of nitrogens with zero attached hydrogens (tertiary/aromatic N) is 2. The third-order valence-electron chi connectivity index (χ3n) is 4.26. The summed E-state index contributed by atoms with van der Waals surface area (Å²) in [6.45, 7) is 6.42. The van der Waals surface area contributed by atoms with E-state index in [2.05, 4.69) is 10.1 Å². The second-order valence-electron chi connectivity index (χ2n) is 7.80. The summed E-state index contributed by atoms with van der Waals surface area (Å²) < 4.78 is 9.93. The number of nitro groups is 1. The Morgan fingerprint density at radius 3 is 2.69 bits per heavy atom. The van der Waals surface area contributed by atoms with Gasteiger partial charge in [0.25, 0.3) is 5.69 Å². The molecule has 9 heteroatoms. The summed E-state index contributed by atoms with van der Waals surface area (Å²) in [4.78, 5) is 36.2. The van der Waals surface area contributed by atoms with Crippen LogP contribution in [0.15, 0.2) is 24.3 Å². The van der Waals surface area contributed by atoms with Gasteiger partial charge in [0, 0.05) is 31.3 Å². The molecule has 1 N–H and O–H groups in total. The van der Waals surface area contributed by atoms with Gasteiger partial charge in [-0.15, -0.1) is 0 Å². The van der Waals surface area contributed by atoms with Crippen molar-refractivity contribution >= 4 is 29.5 Å². The second-order valence-corrected chi connectivity index (χ2v) is 7.80. The zero-order valence-electron chi connectivity index (χ0n) is 17.1. The van der Waals surface area contributed by atoms with Gasteiger partial charge in [0.2, 0.25) is 0 Å². The highest BCUT2D eigenvalue weighted by molar-refractivity contribution is 5.87. The molecule has 0 bridgehead atoms. The van der Waals surface area contributed by atoms with Gasteiger partial charge < -0.3 is 19.7 Å². The van der Waals surface area contributed by atoms with Crippen molar-refractivity contribution in [2.24, 2.45) is 0 Å². The number of anilines is 1. The van der Waals surface area contributed by atoms with E-state index in [1.807, 2.05) is 20.8 Å². The van der Waals surface area contributed by atoms with Crippen molar-refractivity contribution in [1.82, 2.24) is 4.90 Å². The normalized spacial score (nSPS) is 17.1. The van der Waals surface area contributed by atoms with Gasteiger partial charge in [0.1, 0.15) is 11.3 Å². The third kappa shape index (κ3) is 6.78. The average Bonchev–Trinajstić information content (AvgIpc) is 2.65. The molecule has 0 aromatic heterocycles. The van der Waals surface area contributed by atoms with Crippen LogP contribution in [0.25, 0.3) is 6.08 Å². The van der Waals surface area contributed by atoms with E-state index in [-0.39, 0.29) is 17.8 Å². The first-order valence-electron chi connectivity index (χ1n) is 9.38. The molecule has 1 heterocycles. The van der Waals surface area contributed by atoms with Crippen LogP contribution in [0.5, 0.6) is 0 Å². The summed E-state index contributed by atoms with van der Waals surface area (Å²) in [6.07, 6.45) is 3.81. The fourth-order valence-electron chi connectivity index (χ4n) is 2.96. The molecule has 2 rings (SSSR count). The Balaban J connectivity index is 2.12. The first kappa shape index (κ1) is 22.2. The highest BCUT2D eigenvalue weighted by Crippen LogP contribution is 2.28. The lowest BCUT2D eigenvalue weighted by molar-refractivity contribution is -0.384. The fourth-order valence-corrected chi connectivity index (χ4v) is 2.96. The molecule has 1 aliphatic heterocycles. The van der Waals surface area contributed by atoms with E-state index in [9.17, 15) is 19.7 Å². The maximum atomic E-state index is 12.3. The smallest absolute Gasteiger partial charge is 0.410 e. The number of carbonyl (C=O) groups is 2. The summed E-state index contributed by atoms with van der Waals surface area (Å²) in [7, 11) is 1.26. The topological polar surface area (TPSA) is 111 Å². The maximum absolute atomic E-state index is 12.3. The van der Waals surface area contributed by atoms with Gasteiger partial charge in [-0.1, -0.05) is 6.07 Å². The summed E-state index contributed by atoms with van der Waals surface area (Å²) in [6, 6.07) is 4.52. The molecule has 0 aliphatic carbocycles. The molecule has 1 fully saturated rings. The Kier molecular flexibility index (Phi) is 7.19. The van der Waals surface area contributed by atoms with Crippen LogP contribution in [-0.4, -0.2) is 53.7 Å². The fraction of sp³-hybridized carbons (Fsp3) is 0.500. The number of likely N-dealkylation sites (tertiary alicyclic amines) is 1. The zero-order chi connectivity index (χ0) is 21.6. The van der Waals surface area contributed by atoms with Crippen LogP contribution in [0.3, 0.4) is 0 Å². The molecule has 0 radical (unpaired) electrons. The third-order valence-corrected chi connectivity index (χ3v) is 4.26. The van der Waals surface area contributed by atoms with Gasteiger partial charge in [-0.2, -0.15) is 0 Å². The zero-order valence-corrected chi connectivity index (χ0v) is 17.1. The second kappa shape index (κ2) is 9.40. The lowest BCUT2D eigenvalue weighted by Gasteiger charge is -2.34. The molecule has 9 nitrogen and oxygen atoms in total. The molecule has 1 amide bonds. The van der Waals surface area contributed by atoms with Crippen molar-refractivity contribution in [3.63, 3.8) is 0 Å². The number of esters is 1. The number of carbonyl (C=O) groups excluding carboxylic acids is 2. The predicted molar refractivity (Wildman–Crippen MR) is 109 cm³/mol. The van der Waals surface area contributed by atoms with Crippen LogP contribution in [-0.2, 0) is 14.3 Å². The van der Waals surface area contributed by atoms with Gasteiger partial charge in [-0.05, 0) is 51.3 Å². The highest BCUT2D eigenvalue weighted by Gasteiger charge is 2.28. The summed E-state index contributed by atoms with van der Waals surface area (Å²) >= 11 is 0. The van der Waals surface area contributed by atoms with Crippen LogP contribution in [0.1, 0.15) is 39.2 Å². The van der Waals surface area contributed by atoms with Gasteiger partial charge in [0.15, 0.2) is 0 Å². The van der Waals surface area contributed by atoms with Crippen molar-refractivity contribution in [2.75, 3.05) is 25.5 Å². The number of methoxy groups -OCH3 is 1. The summed E-state index contributed by atoms with van der Waals surface area (Å²) in [5.74, 6) is -0.542. The van der Waals surface area contributed by atoms with Crippen LogP contribution < -0.4 is 5.32 Å². The molecule has 1 unspecified atom stereocenters. The van der Waals surface area contributed by atoms with Crippen LogP contribution in [0, 0.1) is 10.1 Å². The number of hydrogen-bond acceptors (Lipinski definition) is 7. The SMILES string of the molecule is COC(=O)/C=C/c1ccc(NC2CCCN(C(=O)OC(C)(C)C)C2)c([N+](=O)[O-])c1. The Bertz CT molecular complexity index is 800. The first-order chi connectivity index (χ1) is 13.6. The molecule has 1 aromatic carbocycles. The minimum Gasteiger partial charge on any atom is -0.466 e. The minimum atomic E-state index is -0.580. The minimum absolute atomic E-state index is 0.105. The standard InChI is InChI=1S/C20H27N3O6/c1-20(2,3)29-19(25)22-11-5-6-15(13-22)21-16-9-7-14(8-10-18(24)28-4)12-17(16)23(26)27/h7-10,12,15,21H,5-6,11,13H2,1-4H3/b10-8+. The van der Waals surface area contributed by atoms with Gasteiger partial charge in [-0.25, -0.2) is 9.59 Å². The van der Waals surface area contributed by atoms with Crippen molar-refractivity contribution in [3.05, 3.63) is 40.0 Å². The Morgan fingerprint density at radius 1 is 1.34 bits per heavy atom. The largest absolute Gasteiger partial charge is 0.466 e. The van der Waals surface area contributed by atoms with Crippen molar-refractivity contribution in [3.8, 4) is 0 Å². The first-order valence-corrected chi connectivity index (χ1v) is 9.38. The summed E-state index contributed by atoms with van der Waals surface area (Å²) in [5, 5.41) is 14.7. The predicted octanol–water partition coefficient (Wildman–Crippen LogP) is 3.59. The van der Waals surface area contributed by atoms with E-state index >= 15 is 0 Å². The van der Waals surface area contributed by atoms with E-state index in [0.717, 1.165) is 12.8 Å². The lowest BCUT2D eigenvalue weighted by Crippen LogP contribution is -2.47. The average molecular weight is 405 g/mol. The Morgan fingerprint density at radius 2 is 2.07 bits per heavy atom. The molecular formula is C20H27N3O6. The van der Waals surface area contributed by atoms with Gasteiger partial charge in [-0.3, -0.25) is 10.1 Å².